The van der Waals surface area contributed by atoms with Crippen molar-refractivity contribution in [2.24, 2.45) is 0 Å². The summed E-state index contributed by atoms with van der Waals surface area (Å²) in [4.78, 5) is 43.3. The molecule has 3 aromatic rings. The number of carbonyl (C=O) groups is 3. The number of benzene rings is 3. The van der Waals surface area contributed by atoms with Gasteiger partial charge in [0, 0.05) is 24.1 Å². The summed E-state index contributed by atoms with van der Waals surface area (Å²) in [6.45, 7) is 0.188. The lowest BCUT2D eigenvalue weighted by atomic mass is 10.0. The molecule has 3 aromatic carbocycles. The van der Waals surface area contributed by atoms with Crippen molar-refractivity contribution in [2.75, 3.05) is 25.7 Å². The number of para-hydroxylation sites is 1. The van der Waals surface area contributed by atoms with Gasteiger partial charge in [0.25, 0.3) is 11.8 Å². The Kier molecular flexibility index (Phi) is 5.59. The summed E-state index contributed by atoms with van der Waals surface area (Å²) in [5.74, 6) is 0.834. The molecule has 3 amide bonds. The minimum Gasteiger partial charge on any atom is -0.493 e. The lowest BCUT2D eigenvalue weighted by molar-refractivity contribution is -0.122. The van der Waals surface area contributed by atoms with Crippen molar-refractivity contribution < 1.29 is 23.9 Å². The highest BCUT2D eigenvalue weighted by Gasteiger charge is 2.47. The Morgan fingerprint density at radius 3 is 2.41 bits per heavy atom. The fraction of sp³-hybridized carbons (Fsp3) is 0.276. The molecular formula is C29H27N3O5. The molecule has 0 saturated carbocycles. The van der Waals surface area contributed by atoms with Crippen LogP contribution in [0.5, 0.6) is 11.5 Å². The molecule has 0 fully saturated rings. The molecule has 8 heteroatoms. The average Bonchev–Trinajstić information content (AvgIpc) is 3.45. The van der Waals surface area contributed by atoms with Gasteiger partial charge < -0.3 is 19.7 Å². The smallest absolute Gasteiger partial charge is 0.260 e. The van der Waals surface area contributed by atoms with Crippen LogP contribution in [0.4, 0.5) is 5.69 Å². The zero-order valence-corrected chi connectivity index (χ0v) is 20.7. The predicted octanol–water partition coefficient (Wildman–Crippen LogP) is 4.01. The van der Waals surface area contributed by atoms with Crippen molar-refractivity contribution in [2.45, 2.75) is 31.5 Å². The van der Waals surface area contributed by atoms with Crippen LogP contribution in [0.25, 0.3) is 0 Å². The summed E-state index contributed by atoms with van der Waals surface area (Å²) in [5, 5.41) is 3.13. The molecule has 2 unspecified atom stereocenters. The predicted molar refractivity (Wildman–Crippen MR) is 137 cm³/mol. The first kappa shape index (κ1) is 23.1. The van der Waals surface area contributed by atoms with Gasteiger partial charge in [-0.05, 0) is 54.3 Å². The number of nitrogens with zero attached hydrogens (tertiary/aromatic N) is 2. The maximum Gasteiger partial charge on any atom is 0.260 e. The lowest BCUT2D eigenvalue weighted by Crippen LogP contribution is -2.49. The Labute approximate surface area is 214 Å². The van der Waals surface area contributed by atoms with Crippen LogP contribution in [0.3, 0.4) is 0 Å². The molecule has 2 aliphatic heterocycles. The van der Waals surface area contributed by atoms with Gasteiger partial charge in [-0.25, -0.2) is 0 Å². The van der Waals surface area contributed by atoms with Crippen LogP contribution in [0, 0.1) is 0 Å². The van der Waals surface area contributed by atoms with Gasteiger partial charge in [0.1, 0.15) is 6.17 Å². The lowest BCUT2D eigenvalue weighted by Gasteiger charge is -2.40. The Hall–Kier alpha value is -4.33. The van der Waals surface area contributed by atoms with Crippen LogP contribution in [0.15, 0.2) is 60.7 Å². The molecule has 1 aliphatic carbocycles. The van der Waals surface area contributed by atoms with Crippen molar-refractivity contribution in [3.05, 3.63) is 88.5 Å². The Bertz CT molecular complexity index is 1430. The number of methoxy groups -OCH3 is 2. The third-order valence-electron chi connectivity index (χ3n) is 7.52. The molecule has 0 radical (unpaired) electrons. The minimum absolute atomic E-state index is 0.119. The molecule has 2 heterocycles. The van der Waals surface area contributed by atoms with Gasteiger partial charge >= 0.3 is 0 Å². The summed E-state index contributed by atoms with van der Waals surface area (Å²) in [6.07, 6.45) is 1.17. The van der Waals surface area contributed by atoms with Crippen molar-refractivity contribution in [3.63, 3.8) is 0 Å². The Morgan fingerprint density at radius 1 is 0.919 bits per heavy atom. The number of hydrogen-bond acceptors (Lipinski definition) is 5. The van der Waals surface area contributed by atoms with E-state index in [9.17, 15) is 14.4 Å². The number of ether oxygens (including phenoxy) is 2. The molecule has 0 spiro atoms. The zero-order valence-electron chi connectivity index (χ0n) is 20.7. The van der Waals surface area contributed by atoms with Crippen LogP contribution >= 0.6 is 0 Å². The first-order chi connectivity index (χ1) is 18.0. The molecule has 37 heavy (non-hydrogen) atoms. The second kappa shape index (κ2) is 8.96. The second-order valence-corrected chi connectivity index (χ2v) is 9.47. The van der Waals surface area contributed by atoms with Crippen molar-refractivity contribution in [1.29, 1.82) is 0 Å². The number of rotatable bonds is 6. The molecule has 2 atom stereocenters. The van der Waals surface area contributed by atoms with Gasteiger partial charge in [-0.1, -0.05) is 30.3 Å². The standard InChI is InChI=1S/C29H27N3O5/c1-36-24-15-17-11-12-22(21(17)16-25(24)37-2)30-26(33)13-14-31-27-18-7-3-4-8-19(18)29(35)32(27)23-10-6-5-9-20(23)28(31)34/h3-10,15-16,22,27H,11-14H2,1-2H3,(H,30,33). The summed E-state index contributed by atoms with van der Waals surface area (Å²) in [6, 6.07) is 18.3. The fourth-order valence-electron chi connectivity index (χ4n) is 5.77. The summed E-state index contributed by atoms with van der Waals surface area (Å²) < 4.78 is 10.9. The third kappa shape index (κ3) is 3.63. The van der Waals surface area contributed by atoms with E-state index in [0.717, 1.165) is 29.5 Å². The summed E-state index contributed by atoms with van der Waals surface area (Å²) in [5.41, 5.74) is 4.58. The van der Waals surface area contributed by atoms with E-state index in [2.05, 4.69) is 5.32 Å². The maximum absolute atomic E-state index is 13.6. The number of carbonyl (C=O) groups excluding carboxylic acids is 3. The Morgan fingerprint density at radius 2 is 1.62 bits per heavy atom. The maximum atomic E-state index is 13.6. The topological polar surface area (TPSA) is 88.2 Å². The largest absolute Gasteiger partial charge is 0.493 e. The second-order valence-electron chi connectivity index (χ2n) is 9.47. The number of hydrogen-bond donors (Lipinski definition) is 1. The van der Waals surface area contributed by atoms with Gasteiger partial charge in [-0.3, -0.25) is 19.3 Å². The van der Waals surface area contributed by atoms with Gasteiger partial charge in [0.05, 0.1) is 31.5 Å². The average molecular weight is 498 g/mol. The van der Waals surface area contributed by atoms with E-state index in [1.54, 1.807) is 48.3 Å². The molecule has 188 valence electrons. The number of amides is 3. The van der Waals surface area contributed by atoms with Crippen LogP contribution in [-0.2, 0) is 11.2 Å². The highest BCUT2D eigenvalue weighted by Crippen LogP contribution is 2.45. The molecule has 6 rings (SSSR count). The zero-order chi connectivity index (χ0) is 25.7. The van der Waals surface area contributed by atoms with E-state index in [4.69, 9.17) is 9.47 Å². The van der Waals surface area contributed by atoms with Gasteiger partial charge in [0.15, 0.2) is 11.5 Å². The Balaban J connectivity index is 1.23. The first-order valence-corrected chi connectivity index (χ1v) is 12.4. The monoisotopic (exact) mass is 497 g/mol. The normalized spacial score (nSPS) is 19.2. The number of nitrogens with one attached hydrogen (secondary N) is 1. The van der Waals surface area contributed by atoms with Gasteiger partial charge in [-0.2, -0.15) is 0 Å². The van der Waals surface area contributed by atoms with E-state index in [1.165, 1.54) is 0 Å². The quantitative estimate of drug-likeness (QED) is 0.556. The first-order valence-electron chi connectivity index (χ1n) is 12.4. The molecule has 3 aliphatic rings. The van der Waals surface area contributed by atoms with Crippen LogP contribution in [0.1, 0.15) is 62.5 Å². The molecule has 0 saturated heterocycles. The molecular weight excluding hydrogens is 470 g/mol. The van der Waals surface area contributed by atoms with Crippen LogP contribution < -0.4 is 19.7 Å². The number of fused-ring (bicyclic) bond motifs is 6. The van der Waals surface area contributed by atoms with Crippen molar-refractivity contribution in [1.82, 2.24) is 10.2 Å². The van der Waals surface area contributed by atoms with Crippen molar-refractivity contribution >= 4 is 23.4 Å². The van der Waals surface area contributed by atoms with Gasteiger partial charge in [-0.15, -0.1) is 0 Å². The van der Waals surface area contributed by atoms with E-state index in [-0.39, 0.29) is 36.7 Å². The van der Waals surface area contributed by atoms with E-state index in [1.807, 2.05) is 36.4 Å². The van der Waals surface area contributed by atoms with Crippen LogP contribution in [-0.4, -0.2) is 43.4 Å². The highest BCUT2D eigenvalue weighted by atomic mass is 16.5. The minimum atomic E-state index is -0.567. The van der Waals surface area contributed by atoms with Crippen LogP contribution in [0.2, 0.25) is 0 Å². The summed E-state index contributed by atoms with van der Waals surface area (Å²) in [7, 11) is 3.20. The fourth-order valence-corrected chi connectivity index (χ4v) is 5.77. The number of aryl methyl sites for hydroxylation is 1. The van der Waals surface area contributed by atoms with E-state index < -0.39 is 6.17 Å². The molecule has 1 N–H and O–H groups in total. The molecule has 8 nitrogen and oxygen atoms in total. The number of anilines is 1. The molecule has 0 bridgehead atoms. The van der Waals surface area contributed by atoms with Gasteiger partial charge in [0.2, 0.25) is 5.91 Å². The summed E-state index contributed by atoms with van der Waals surface area (Å²) >= 11 is 0. The van der Waals surface area contributed by atoms with E-state index in [0.29, 0.717) is 28.3 Å². The highest BCUT2D eigenvalue weighted by molar-refractivity contribution is 6.16. The SMILES string of the molecule is COc1cc2c(cc1OC)C(NC(=O)CCN1C(=O)c3ccccc3N3C(=O)c4ccccc4C13)CC2. The third-order valence-corrected chi connectivity index (χ3v) is 7.52. The van der Waals surface area contributed by atoms with E-state index >= 15 is 0 Å². The van der Waals surface area contributed by atoms with Crippen molar-refractivity contribution in [3.8, 4) is 11.5 Å². The molecule has 0 aromatic heterocycles.